The third-order valence-corrected chi connectivity index (χ3v) is 3.57. The normalized spacial score (nSPS) is 10.4. The number of nitrogens with two attached hydrogens (primary N) is 1. The summed E-state index contributed by atoms with van der Waals surface area (Å²) in [5.74, 6) is -2.72. The summed E-state index contributed by atoms with van der Waals surface area (Å²) in [5, 5.41) is 2.34. The number of hydrogen-bond donors (Lipinski definition) is 2. The number of anilines is 2. The Balaban J connectivity index is 1.97. The van der Waals surface area contributed by atoms with Gasteiger partial charge in [-0.1, -0.05) is 0 Å². The molecule has 0 unspecified atom stereocenters. The Morgan fingerprint density at radius 3 is 2.57 bits per heavy atom. The Kier molecular flexibility index (Phi) is 4.74. The highest BCUT2D eigenvalue weighted by Gasteiger charge is 2.10. The Morgan fingerprint density at radius 2 is 1.86 bits per heavy atom. The van der Waals surface area contributed by atoms with Crippen LogP contribution in [0.3, 0.4) is 0 Å². The first-order valence-electron chi connectivity index (χ1n) is 5.88. The monoisotopic (exact) mass is 312 g/mol. The maximum absolute atomic E-state index is 13.4. The highest BCUT2D eigenvalue weighted by atomic mass is 32.2. The van der Waals surface area contributed by atoms with Crippen molar-refractivity contribution in [2.75, 3.05) is 16.8 Å². The first kappa shape index (κ1) is 15.2. The van der Waals surface area contributed by atoms with Crippen molar-refractivity contribution in [1.29, 1.82) is 0 Å². The molecule has 3 nitrogen and oxygen atoms in total. The van der Waals surface area contributed by atoms with Crippen LogP contribution in [0.1, 0.15) is 0 Å². The van der Waals surface area contributed by atoms with Crippen LogP contribution in [0.15, 0.2) is 41.3 Å². The molecule has 0 heterocycles. The van der Waals surface area contributed by atoms with Crippen molar-refractivity contribution in [2.45, 2.75) is 4.90 Å². The molecule has 0 aliphatic carbocycles. The molecule has 0 saturated carbocycles. The minimum absolute atomic E-state index is 0.0415. The molecule has 2 aromatic carbocycles. The number of nitrogen functional groups attached to an aromatic ring is 1. The SMILES string of the molecule is Nc1ccc(F)c(NC(=O)CSc2ccc(F)cc2F)c1. The van der Waals surface area contributed by atoms with E-state index in [1.54, 1.807) is 0 Å². The molecule has 21 heavy (non-hydrogen) atoms. The number of benzene rings is 2. The molecule has 110 valence electrons. The van der Waals surface area contributed by atoms with Crippen LogP contribution in [0.2, 0.25) is 0 Å². The van der Waals surface area contributed by atoms with Crippen molar-refractivity contribution in [3.8, 4) is 0 Å². The van der Waals surface area contributed by atoms with Crippen LogP contribution in [0.25, 0.3) is 0 Å². The van der Waals surface area contributed by atoms with Crippen molar-refractivity contribution in [1.82, 2.24) is 0 Å². The van der Waals surface area contributed by atoms with E-state index in [4.69, 9.17) is 5.73 Å². The minimum Gasteiger partial charge on any atom is -0.399 e. The lowest BCUT2D eigenvalue weighted by Gasteiger charge is -2.07. The van der Waals surface area contributed by atoms with Gasteiger partial charge in [-0.15, -0.1) is 11.8 Å². The molecule has 0 saturated heterocycles. The van der Waals surface area contributed by atoms with E-state index >= 15 is 0 Å². The molecule has 0 aliphatic rings. The van der Waals surface area contributed by atoms with Crippen LogP contribution in [0.5, 0.6) is 0 Å². The fourth-order valence-corrected chi connectivity index (χ4v) is 2.28. The predicted octanol–water partition coefficient (Wildman–Crippen LogP) is 3.42. The highest BCUT2D eigenvalue weighted by molar-refractivity contribution is 8.00. The number of hydrogen-bond acceptors (Lipinski definition) is 3. The van der Waals surface area contributed by atoms with E-state index in [0.717, 1.165) is 30.0 Å². The molecule has 0 spiro atoms. The molecule has 7 heteroatoms. The fraction of sp³-hybridized carbons (Fsp3) is 0.0714. The van der Waals surface area contributed by atoms with Gasteiger partial charge in [0.25, 0.3) is 0 Å². The number of rotatable bonds is 4. The Hall–Kier alpha value is -2.15. The standard InChI is InChI=1S/C14H11F3N2OS/c15-8-1-4-13(11(17)5-8)21-7-14(20)19-12-6-9(18)2-3-10(12)16/h1-6H,7,18H2,(H,19,20). The minimum atomic E-state index is -0.747. The van der Waals surface area contributed by atoms with Gasteiger partial charge in [0, 0.05) is 16.6 Å². The molecule has 0 bridgehead atoms. The van der Waals surface area contributed by atoms with Gasteiger partial charge < -0.3 is 11.1 Å². The maximum atomic E-state index is 13.4. The van der Waals surface area contributed by atoms with Crippen LogP contribution in [-0.4, -0.2) is 11.7 Å². The lowest BCUT2D eigenvalue weighted by Crippen LogP contribution is -2.15. The van der Waals surface area contributed by atoms with E-state index in [0.29, 0.717) is 5.69 Å². The first-order valence-corrected chi connectivity index (χ1v) is 6.87. The van der Waals surface area contributed by atoms with E-state index in [1.165, 1.54) is 18.2 Å². The van der Waals surface area contributed by atoms with Gasteiger partial charge >= 0.3 is 0 Å². The number of halogens is 3. The van der Waals surface area contributed by atoms with Gasteiger partial charge in [-0.25, -0.2) is 13.2 Å². The van der Waals surface area contributed by atoms with Crippen molar-refractivity contribution >= 4 is 29.0 Å². The van der Waals surface area contributed by atoms with Crippen molar-refractivity contribution < 1.29 is 18.0 Å². The predicted molar refractivity (Wildman–Crippen MR) is 76.5 cm³/mol. The summed E-state index contributed by atoms with van der Waals surface area (Å²) < 4.78 is 39.5. The lowest BCUT2D eigenvalue weighted by atomic mass is 10.2. The van der Waals surface area contributed by atoms with Gasteiger partial charge in [-0.3, -0.25) is 4.79 Å². The molecule has 0 aliphatic heterocycles. The number of carbonyl (C=O) groups excluding carboxylic acids is 1. The summed E-state index contributed by atoms with van der Waals surface area (Å²) in [6.07, 6.45) is 0. The van der Waals surface area contributed by atoms with Crippen molar-refractivity contribution in [3.05, 3.63) is 53.8 Å². The molecule has 0 atom stereocenters. The average molecular weight is 312 g/mol. The number of carbonyl (C=O) groups is 1. The second-order valence-corrected chi connectivity index (χ2v) is 5.17. The molecular formula is C14H11F3N2OS. The Bertz CT molecular complexity index is 679. The van der Waals surface area contributed by atoms with Crippen molar-refractivity contribution in [3.63, 3.8) is 0 Å². The Morgan fingerprint density at radius 1 is 1.10 bits per heavy atom. The molecule has 3 N–H and O–H groups in total. The van der Waals surface area contributed by atoms with E-state index in [2.05, 4.69) is 5.32 Å². The maximum Gasteiger partial charge on any atom is 0.234 e. The summed E-state index contributed by atoms with van der Waals surface area (Å²) in [5.41, 5.74) is 5.76. The highest BCUT2D eigenvalue weighted by Crippen LogP contribution is 2.23. The van der Waals surface area contributed by atoms with Gasteiger partial charge in [-0.05, 0) is 30.3 Å². The smallest absolute Gasteiger partial charge is 0.234 e. The van der Waals surface area contributed by atoms with Gasteiger partial charge in [0.05, 0.1) is 11.4 Å². The summed E-state index contributed by atoms with van der Waals surface area (Å²) in [4.78, 5) is 11.8. The number of amides is 1. The molecule has 1 amide bonds. The van der Waals surface area contributed by atoms with Gasteiger partial charge in [0.15, 0.2) is 0 Å². The van der Waals surface area contributed by atoms with Crippen LogP contribution >= 0.6 is 11.8 Å². The van der Waals surface area contributed by atoms with Gasteiger partial charge in [0.1, 0.15) is 17.5 Å². The average Bonchev–Trinajstić information content (AvgIpc) is 2.42. The topological polar surface area (TPSA) is 55.1 Å². The molecule has 0 radical (unpaired) electrons. The zero-order chi connectivity index (χ0) is 15.4. The zero-order valence-corrected chi connectivity index (χ0v) is 11.5. The molecule has 2 aromatic rings. The summed E-state index contributed by atoms with van der Waals surface area (Å²) >= 11 is 0.886. The summed E-state index contributed by atoms with van der Waals surface area (Å²) in [6.45, 7) is 0. The first-order chi connectivity index (χ1) is 9.95. The molecule has 2 rings (SSSR count). The van der Waals surface area contributed by atoms with E-state index in [1.807, 2.05) is 0 Å². The number of thioether (sulfide) groups is 1. The largest absolute Gasteiger partial charge is 0.399 e. The lowest BCUT2D eigenvalue weighted by molar-refractivity contribution is -0.113. The Labute approximate surface area is 123 Å². The summed E-state index contributed by atoms with van der Waals surface area (Å²) in [7, 11) is 0. The van der Waals surface area contributed by atoms with Crippen molar-refractivity contribution in [2.24, 2.45) is 0 Å². The van der Waals surface area contributed by atoms with Gasteiger partial charge in [0.2, 0.25) is 5.91 Å². The van der Waals surface area contributed by atoms with Crippen LogP contribution < -0.4 is 11.1 Å². The second kappa shape index (κ2) is 6.53. The molecular weight excluding hydrogens is 301 g/mol. The molecule has 0 fully saturated rings. The molecule has 0 aromatic heterocycles. The third kappa shape index (κ3) is 4.16. The third-order valence-electron chi connectivity index (χ3n) is 2.52. The van der Waals surface area contributed by atoms with E-state index in [9.17, 15) is 18.0 Å². The summed E-state index contributed by atoms with van der Waals surface area (Å²) in [6, 6.07) is 6.87. The van der Waals surface area contributed by atoms with Crippen LogP contribution in [-0.2, 0) is 4.79 Å². The zero-order valence-electron chi connectivity index (χ0n) is 10.7. The number of nitrogens with one attached hydrogen (secondary N) is 1. The van der Waals surface area contributed by atoms with Crippen LogP contribution in [0, 0.1) is 17.5 Å². The van der Waals surface area contributed by atoms with E-state index in [-0.39, 0.29) is 16.3 Å². The second-order valence-electron chi connectivity index (χ2n) is 4.15. The van der Waals surface area contributed by atoms with Gasteiger partial charge in [-0.2, -0.15) is 0 Å². The van der Waals surface area contributed by atoms with E-state index < -0.39 is 23.4 Å². The quantitative estimate of drug-likeness (QED) is 0.672. The van der Waals surface area contributed by atoms with Crippen LogP contribution in [0.4, 0.5) is 24.5 Å². The fourth-order valence-electron chi connectivity index (χ4n) is 1.56.